The molecule has 1 rings (SSSR count). The van der Waals surface area contributed by atoms with Gasteiger partial charge in [-0.1, -0.05) is 0 Å². The lowest BCUT2D eigenvalue weighted by Gasteiger charge is -2.10. The van der Waals surface area contributed by atoms with Gasteiger partial charge in [0, 0.05) is 18.4 Å². The number of nitrogens with one attached hydrogen (secondary N) is 1. The molecular weight excluding hydrogens is 246 g/mol. The third-order valence-electron chi connectivity index (χ3n) is 1.85. The molecule has 8 heteroatoms. The normalized spacial score (nSPS) is 11.5. The second kappa shape index (κ2) is 4.66. The summed E-state index contributed by atoms with van der Waals surface area (Å²) in [7, 11) is -3.48. The first-order valence-electron chi connectivity index (χ1n) is 4.84. The van der Waals surface area contributed by atoms with E-state index in [1.54, 1.807) is 13.8 Å². The summed E-state index contributed by atoms with van der Waals surface area (Å²) in [6.07, 6.45) is 1.00. The summed E-state index contributed by atoms with van der Waals surface area (Å²) >= 11 is 0. The lowest BCUT2D eigenvalue weighted by atomic mass is 10.3. The van der Waals surface area contributed by atoms with Crippen LogP contribution in [0.4, 0.5) is 11.5 Å². The molecule has 0 aliphatic heterocycles. The molecule has 0 unspecified atom stereocenters. The lowest BCUT2D eigenvalue weighted by molar-refractivity contribution is -0.384. The van der Waals surface area contributed by atoms with Gasteiger partial charge in [-0.05, 0) is 19.9 Å². The Balaban J connectivity index is 3.34. The molecule has 1 heterocycles. The number of nitrogens with zero attached hydrogens (tertiary/aromatic N) is 2. The fourth-order valence-corrected chi connectivity index (χ4v) is 1.74. The second-order valence-electron chi connectivity index (χ2n) is 3.85. The molecule has 7 nitrogen and oxygen atoms in total. The van der Waals surface area contributed by atoms with Crippen LogP contribution in [-0.2, 0) is 9.84 Å². The highest BCUT2D eigenvalue weighted by Crippen LogP contribution is 2.24. The Labute approximate surface area is 98.9 Å². The van der Waals surface area contributed by atoms with Crippen molar-refractivity contribution < 1.29 is 13.3 Å². The van der Waals surface area contributed by atoms with Gasteiger partial charge in [0.25, 0.3) is 0 Å². The summed E-state index contributed by atoms with van der Waals surface area (Å²) in [5.74, 6) is -0.0343. The fourth-order valence-electron chi connectivity index (χ4n) is 1.17. The van der Waals surface area contributed by atoms with Gasteiger partial charge < -0.3 is 5.32 Å². The van der Waals surface area contributed by atoms with E-state index in [0.29, 0.717) is 0 Å². The minimum Gasteiger partial charge on any atom is -0.362 e. The van der Waals surface area contributed by atoms with Crippen molar-refractivity contribution in [2.24, 2.45) is 0 Å². The van der Waals surface area contributed by atoms with Gasteiger partial charge in [0.2, 0.25) is 5.82 Å². The summed E-state index contributed by atoms with van der Waals surface area (Å²) in [6.45, 7) is 3.55. The molecular formula is C9H13N3O4S. The van der Waals surface area contributed by atoms with Crippen molar-refractivity contribution in [3.8, 4) is 0 Å². The average Bonchev–Trinajstić information content (AvgIpc) is 2.14. The fraction of sp³-hybridized carbons (Fsp3) is 0.444. The number of pyridine rings is 1. The number of nitro groups is 1. The first kappa shape index (κ1) is 13.4. The molecule has 0 aliphatic carbocycles. The Bertz CT molecular complexity index is 539. The molecule has 0 atom stereocenters. The monoisotopic (exact) mass is 259 g/mol. The van der Waals surface area contributed by atoms with E-state index in [0.717, 1.165) is 18.4 Å². The molecule has 0 spiro atoms. The molecule has 0 saturated carbocycles. The molecule has 1 aromatic heterocycles. The van der Waals surface area contributed by atoms with Gasteiger partial charge in [0.15, 0.2) is 14.9 Å². The standard InChI is InChI=1S/C9H13N3O4S/c1-6(2)10-9-7(12(13)14)4-5-8(11-9)17(3,15)16/h4-6H,1-3H3,(H,10,11). The van der Waals surface area contributed by atoms with Crippen LogP contribution in [0, 0.1) is 10.1 Å². The maximum atomic E-state index is 11.3. The van der Waals surface area contributed by atoms with Crippen LogP contribution in [0.5, 0.6) is 0 Å². The number of hydrogen-bond donors (Lipinski definition) is 1. The van der Waals surface area contributed by atoms with Crippen LogP contribution in [0.3, 0.4) is 0 Å². The largest absolute Gasteiger partial charge is 0.362 e. The SMILES string of the molecule is CC(C)Nc1nc(S(C)(=O)=O)ccc1[N+](=O)[O-]. The predicted octanol–water partition coefficient (Wildman–Crippen LogP) is 1.21. The average molecular weight is 259 g/mol. The van der Waals surface area contributed by atoms with Gasteiger partial charge >= 0.3 is 5.69 Å². The van der Waals surface area contributed by atoms with E-state index in [-0.39, 0.29) is 22.6 Å². The maximum Gasteiger partial charge on any atom is 0.311 e. The van der Waals surface area contributed by atoms with Crippen LogP contribution in [0.25, 0.3) is 0 Å². The number of rotatable bonds is 4. The smallest absolute Gasteiger partial charge is 0.311 e. The Morgan fingerprint density at radius 3 is 2.41 bits per heavy atom. The lowest BCUT2D eigenvalue weighted by Crippen LogP contribution is -2.14. The first-order chi connectivity index (χ1) is 7.71. The highest BCUT2D eigenvalue weighted by Gasteiger charge is 2.19. The van der Waals surface area contributed by atoms with Crippen molar-refractivity contribution in [3.05, 3.63) is 22.2 Å². The minimum atomic E-state index is -3.48. The highest BCUT2D eigenvalue weighted by atomic mass is 32.2. The van der Waals surface area contributed by atoms with Crippen LogP contribution < -0.4 is 5.32 Å². The molecule has 0 fully saturated rings. The van der Waals surface area contributed by atoms with Gasteiger partial charge in [0.1, 0.15) is 0 Å². The molecule has 0 aromatic carbocycles. The van der Waals surface area contributed by atoms with E-state index >= 15 is 0 Å². The molecule has 0 aliphatic rings. The molecule has 1 aromatic rings. The zero-order valence-corrected chi connectivity index (χ0v) is 10.5. The summed E-state index contributed by atoms with van der Waals surface area (Å²) in [5.41, 5.74) is -0.244. The van der Waals surface area contributed by atoms with Gasteiger partial charge in [-0.25, -0.2) is 13.4 Å². The first-order valence-corrected chi connectivity index (χ1v) is 6.73. The van der Waals surface area contributed by atoms with Gasteiger partial charge in [0.05, 0.1) is 4.92 Å². The van der Waals surface area contributed by atoms with Crippen LogP contribution >= 0.6 is 0 Å². The molecule has 0 saturated heterocycles. The number of hydrogen-bond acceptors (Lipinski definition) is 6. The quantitative estimate of drug-likeness (QED) is 0.644. The Morgan fingerprint density at radius 1 is 1.41 bits per heavy atom. The van der Waals surface area contributed by atoms with Gasteiger partial charge in [-0.2, -0.15) is 0 Å². The molecule has 0 radical (unpaired) electrons. The highest BCUT2D eigenvalue weighted by molar-refractivity contribution is 7.90. The number of sulfone groups is 1. The maximum absolute atomic E-state index is 11.3. The minimum absolute atomic E-state index is 0.0343. The second-order valence-corrected chi connectivity index (χ2v) is 5.81. The van der Waals surface area contributed by atoms with E-state index < -0.39 is 14.8 Å². The van der Waals surface area contributed by atoms with Crippen LogP contribution in [0.2, 0.25) is 0 Å². The summed E-state index contributed by atoms with van der Waals surface area (Å²) in [6, 6.07) is 2.17. The van der Waals surface area contributed by atoms with E-state index in [1.807, 2.05) is 0 Å². The summed E-state index contributed by atoms with van der Waals surface area (Å²) in [4.78, 5) is 13.9. The van der Waals surface area contributed by atoms with Crippen molar-refractivity contribution >= 4 is 21.3 Å². The van der Waals surface area contributed by atoms with Gasteiger partial charge in [-0.15, -0.1) is 0 Å². The summed E-state index contributed by atoms with van der Waals surface area (Å²) < 4.78 is 22.6. The van der Waals surface area contributed by atoms with Crippen molar-refractivity contribution in [1.29, 1.82) is 0 Å². The third kappa shape index (κ3) is 3.38. The van der Waals surface area contributed by atoms with Crippen LogP contribution in [0.15, 0.2) is 17.2 Å². The molecule has 94 valence electrons. The zero-order valence-electron chi connectivity index (χ0n) is 9.67. The Kier molecular flexibility index (Phi) is 3.66. The van der Waals surface area contributed by atoms with E-state index in [1.165, 1.54) is 0 Å². The van der Waals surface area contributed by atoms with Crippen molar-refractivity contribution in [3.63, 3.8) is 0 Å². The van der Waals surface area contributed by atoms with E-state index in [4.69, 9.17) is 0 Å². The van der Waals surface area contributed by atoms with Gasteiger partial charge in [-0.3, -0.25) is 10.1 Å². The van der Waals surface area contributed by atoms with Crippen molar-refractivity contribution in [2.75, 3.05) is 11.6 Å². The number of aromatic nitrogens is 1. The van der Waals surface area contributed by atoms with Crippen LogP contribution in [0.1, 0.15) is 13.8 Å². The Hall–Kier alpha value is -1.70. The Morgan fingerprint density at radius 2 is 2.00 bits per heavy atom. The van der Waals surface area contributed by atoms with Crippen molar-refractivity contribution in [1.82, 2.24) is 4.98 Å². The molecule has 17 heavy (non-hydrogen) atoms. The van der Waals surface area contributed by atoms with Crippen LogP contribution in [-0.4, -0.2) is 30.6 Å². The topological polar surface area (TPSA) is 102 Å². The van der Waals surface area contributed by atoms with Crippen molar-refractivity contribution in [2.45, 2.75) is 24.9 Å². The van der Waals surface area contributed by atoms with E-state index in [9.17, 15) is 18.5 Å². The summed E-state index contributed by atoms with van der Waals surface area (Å²) in [5, 5.41) is 13.3. The zero-order chi connectivity index (χ0) is 13.2. The van der Waals surface area contributed by atoms with E-state index in [2.05, 4.69) is 10.3 Å². The third-order valence-corrected chi connectivity index (χ3v) is 2.84. The molecule has 0 amide bonds. The molecule has 1 N–H and O–H groups in total. The molecule has 0 bridgehead atoms. The number of anilines is 1. The predicted molar refractivity (Wildman–Crippen MR) is 62.8 cm³/mol.